The molecule has 0 heterocycles. The highest BCUT2D eigenvalue weighted by molar-refractivity contribution is 5.87. The van der Waals surface area contributed by atoms with Gasteiger partial charge in [0.25, 0.3) is 0 Å². The second kappa shape index (κ2) is 6.83. The Labute approximate surface area is 153 Å². The maximum absolute atomic E-state index is 12.9. The number of ketones is 1. The van der Waals surface area contributed by atoms with E-state index in [2.05, 4.69) is 19.9 Å². The number of carbonyl (C=O) groups excluding carboxylic acids is 1. The zero-order valence-corrected chi connectivity index (χ0v) is 16.3. The summed E-state index contributed by atoms with van der Waals surface area (Å²) in [4.78, 5) is 12.9. The molecule has 140 valence electrons. The molecule has 5 atom stereocenters. The molecule has 2 nitrogen and oxygen atoms in total. The summed E-state index contributed by atoms with van der Waals surface area (Å²) in [6.07, 6.45) is 15.9. The van der Waals surface area contributed by atoms with Crippen molar-refractivity contribution in [3.63, 3.8) is 0 Å². The van der Waals surface area contributed by atoms with Crippen molar-refractivity contribution in [2.24, 2.45) is 28.6 Å². The summed E-state index contributed by atoms with van der Waals surface area (Å²) in [6, 6.07) is 0. The van der Waals surface area contributed by atoms with Crippen LogP contribution in [0.2, 0.25) is 0 Å². The van der Waals surface area contributed by atoms with E-state index in [0.29, 0.717) is 23.7 Å². The SMILES string of the molecule is CCCCOC[C@]12CC[C@H]3[C@@H](CC=C4CCCC[C@@]43C)[C@@H]1CCC2=O. The Kier molecular flexibility index (Phi) is 4.86. The van der Waals surface area contributed by atoms with Gasteiger partial charge in [-0.1, -0.05) is 38.3 Å². The third kappa shape index (κ3) is 2.74. The summed E-state index contributed by atoms with van der Waals surface area (Å²) < 4.78 is 6.06. The first kappa shape index (κ1) is 17.8. The highest BCUT2D eigenvalue weighted by Gasteiger charge is 2.60. The first-order chi connectivity index (χ1) is 12.1. The molecule has 3 saturated carbocycles. The summed E-state index contributed by atoms with van der Waals surface area (Å²) in [7, 11) is 0. The molecule has 0 aromatic rings. The molecule has 2 heteroatoms. The third-order valence-corrected chi connectivity index (χ3v) is 8.47. The van der Waals surface area contributed by atoms with Gasteiger partial charge < -0.3 is 4.74 Å². The van der Waals surface area contributed by atoms with Gasteiger partial charge in [0.1, 0.15) is 5.78 Å². The Balaban J connectivity index is 1.57. The van der Waals surface area contributed by atoms with Crippen LogP contribution in [0.3, 0.4) is 0 Å². The van der Waals surface area contributed by atoms with E-state index in [1.807, 2.05) is 0 Å². The average Bonchev–Trinajstić information content (AvgIpc) is 2.95. The van der Waals surface area contributed by atoms with Crippen molar-refractivity contribution in [3.8, 4) is 0 Å². The normalized spacial score (nSPS) is 43.2. The van der Waals surface area contributed by atoms with Gasteiger partial charge in [0.05, 0.1) is 12.0 Å². The molecule has 0 unspecified atom stereocenters. The molecule has 0 bridgehead atoms. The standard InChI is InChI=1S/C23H36O2/c1-3-4-15-25-16-23-14-12-19-18(20(23)10-11-21(23)24)9-8-17-7-5-6-13-22(17,19)2/h8,18-20H,3-7,9-16H2,1-2H3/t18-,19+,20+,22+,23-/m1/s1. The van der Waals surface area contributed by atoms with Gasteiger partial charge in [0.2, 0.25) is 0 Å². The summed E-state index contributed by atoms with van der Waals surface area (Å²) in [5.41, 5.74) is 2.06. The molecule has 25 heavy (non-hydrogen) atoms. The van der Waals surface area contributed by atoms with E-state index < -0.39 is 0 Å². The maximum Gasteiger partial charge on any atom is 0.141 e. The Morgan fingerprint density at radius 1 is 1.16 bits per heavy atom. The monoisotopic (exact) mass is 344 g/mol. The number of hydrogen-bond acceptors (Lipinski definition) is 2. The topological polar surface area (TPSA) is 26.3 Å². The Morgan fingerprint density at radius 3 is 2.88 bits per heavy atom. The van der Waals surface area contributed by atoms with E-state index in [-0.39, 0.29) is 5.41 Å². The van der Waals surface area contributed by atoms with Crippen LogP contribution >= 0.6 is 0 Å². The van der Waals surface area contributed by atoms with Crippen LogP contribution in [0.25, 0.3) is 0 Å². The van der Waals surface area contributed by atoms with Crippen molar-refractivity contribution in [3.05, 3.63) is 11.6 Å². The first-order valence-corrected chi connectivity index (χ1v) is 10.9. The van der Waals surface area contributed by atoms with Crippen molar-refractivity contribution < 1.29 is 9.53 Å². The number of fused-ring (bicyclic) bond motifs is 5. The van der Waals surface area contributed by atoms with Crippen LogP contribution in [0.1, 0.15) is 84.5 Å². The lowest BCUT2D eigenvalue weighted by Crippen LogP contribution is -2.52. The smallest absolute Gasteiger partial charge is 0.141 e. The predicted molar refractivity (Wildman–Crippen MR) is 101 cm³/mol. The molecular weight excluding hydrogens is 308 g/mol. The minimum absolute atomic E-state index is 0.134. The fourth-order valence-corrected chi connectivity index (χ4v) is 7.05. The van der Waals surface area contributed by atoms with Gasteiger partial charge in [-0.3, -0.25) is 4.79 Å². The van der Waals surface area contributed by atoms with E-state index in [9.17, 15) is 4.79 Å². The minimum Gasteiger partial charge on any atom is -0.380 e. The number of unbranched alkanes of at least 4 members (excludes halogenated alkanes) is 1. The van der Waals surface area contributed by atoms with Crippen LogP contribution in [0.5, 0.6) is 0 Å². The lowest BCUT2D eigenvalue weighted by atomic mass is 9.48. The molecule has 0 aromatic heterocycles. The van der Waals surface area contributed by atoms with Crippen LogP contribution in [0.15, 0.2) is 11.6 Å². The number of carbonyl (C=O) groups is 1. The first-order valence-electron chi connectivity index (χ1n) is 10.9. The molecule has 0 aromatic carbocycles. The van der Waals surface area contributed by atoms with Crippen molar-refractivity contribution in [1.29, 1.82) is 0 Å². The molecular formula is C23H36O2. The van der Waals surface area contributed by atoms with Crippen molar-refractivity contribution in [2.75, 3.05) is 13.2 Å². The van der Waals surface area contributed by atoms with Gasteiger partial charge in [-0.25, -0.2) is 0 Å². The predicted octanol–water partition coefficient (Wildman–Crippen LogP) is 5.71. The third-order valence-electron chi connectivity index (χ3n) is 8.47. The van der Waals surface area contributed by atoms with E-state index in [0.717, 1.165) is 44.1 Å². The van der Waals surface area contributed by atoms with E-state index >= 15 is 0 Å². The fraction of sp³-hybridized carbons (Fsp3) is 0.870. The van der Waals surface area contributed by atoms with Crippen molar-refractivity contribution in [2.45, 2.75) is 84.5 Å². The molecule has 0 N–H and O–H groups in total. The highest BCUT2D eigenvalue weighted by Crippen LogP contribution is 2.64. The zero-order valence-electron chi connectivity index (χ0n) is 16.3. The number of allylic oxidation sites excluding steroid dienone is 2. The minimum atomic E-state index is -0.134. The molecule has 0 saturated heterocycles. The molecule has 0 spiro atoms. The molecule has 4 aliphatic carbocycles. The fourth-order valence-electron chi connectivity index (χ4n) is 7.05. The highest BCUT2D eigenvalue weighted by atomic mass is 16.5. The summed E-state index contributed by atoms with van der Waals surface area (Å²) in [5.74, 6) is 2.64. The van der Waals surface area contributed by atoms with Gasteiger partial charge in [0, 0.05) is 13.0 Å². The lowest BCUT2D eigenvalue weighted by molar-refractivity contribution is -0.140. The quantitative estimate of drug-likeness (QED) is 0.472. The summed E-state index contributed by atoms with van der Waals surface area (Å²) >= 11 is 0. The summed E-state index contributed by atoms with van der Waals surface area (Å²) in [5, 5.41) is 0. The van der Waals surface area contributed by atoms with Gasteiger partial charge >= 0.3 is 0 Å². The second-order valence-corrected chi connectivity index (χ2v) is 9.53. The van der Waals surface area contributed by atoms with Crippen LogP contribution in [-0.2, 0) is 9.53 Å². The van der Waals surface area contributed by atoms with Gasteiger partial charge in [-0.2, -0.15) is 0 Å². The number of rotatable bonds is 5. The molecule has 4 aliphatic rings. The molecule has 3 fully saturated rings. The summed E-state index contributed by atoms with van der Waals surface area (Å²) in [6.45, 7) is 6.28. The van der Waals surface area contributed by atoms with Gasteiger partial charge in [-0.15, -0.1) is 0 Å². The molecule has 0 amide bonds. The van der Waals surface area contributed by atoms with Gasteiger partial charge in [0.15, 0.2) is 0 Å². The molecule has 0 aliphatic heterocycles. The Hall–Kier alpha value is -0.630. The van der Waals surface area contributed by atoms with Crippen LogP contribution in [-0.4, -0.2) is 19.0 Å². The lowest BCUT2D eigenvalue weighted by Gasteiger charge is -2.56. The van der Waals surface area contributed by atoms with E-state index in [1.54, 1.807) is 5.57 Å². The number of Topliss-reactive ketones (excluding diaryl/α,β-unsaturated/α-hetero) is 1. The Bertz CT molecular complexity index is 550. The van der Waals surface area contributed by atoms with Crippen molar-refractivity contribution >= 4 is 5.78 Å². The van der Waals surface area contributed by atoms with Crippen molar-refractivity contribution in [1.82, 2.24) is 0 Å². The maximum atomic E-state index is 12.9. The second-order valence-electron chi connectivity index (χ2n) is 9.53. The number of hydrogen-bond donors (Lipinski definition) is 0. The average molecular weight is 345 g/mol. The largest absolute Gasteiger partial charge is 0.380 e. The van der Waals surface area contributed by atoms with Gasteiger partial charge in [-0.05, 0) is 74.5 Å². The van der Waals surface area contributed by atoms with E-state index in [4.69, 9.17) is 4.74 Å². The molecule has 0 radical (unpaired) electrons. The molecule has 4 rings (SSSR count). The van der Waals surface area contributed by atoms with Crippen LogP contribution in [0.4, 0.5) is 0 Å². The zero-order chi connectivity index (χ0) is 17.5. The van der Waals surface area contributed by atoms with Crippen LogP contribution in [0, 0.1) is 28.6 Å². The van der Waals surface area contributed by atoms with E-state index in [1.165, 1.54) is 44.9 Å². The Morgan fingerprint density at radius 2 is 2.04 bits per heavy atom. The number of ether oxygens (including phenoxy) is 1. The van der Waals surface area contributed by atoms with Crippen LogP contribution < -0.4 is 0 Å².